The monoisotopic (exact) mass is 392 g/mol. The van der Waals surface area contributed by atoms with Crippen LogP contribution in [0.1, 0.15) is 26.2 Å². The Morgan fingerprint density at radius 3 is 2.08 bits per heavy atom. The van der Waals surface area contributed by atoms with Crippen molar-refractivity contribution in [2.24, 2.45) is 5.73 Å². The Kier molecular flexibility index (Phi) is 11.0. The smallest absolute Gasteiger partial charge is 0.327 e. The number of aliphatic carboxylic acids is 2. The van der Waals surface area contributed by atoms with Crippen molar-refractivity contribution in [3.8, 4) is 0 Å². The van der Waals surface area contributed by atoms with Gasteiger partial charge in [0, 0.05) is 18.7 Å². The maximum absolute atomic E-state index is 12.1. The summed E-state index contributed by atoms with van der Waals surface area (Å²) < 4.78 is 0. The normalized spacial score (nSPS) is 13.8. The molecular weight excluding hydrogens is 368 g/mol. The van der Waals surface area contributed by atoms with Crippen LogP contribution in [0.4, 0.5) is 0 Å². The molecule has 0 heterocycles. The van der Waals surface area contributed by atoms with Gasteiger partial charge in [0.2, 0.25) is 17.7 Å². The fourth-order valence-corrected chi connectivity index (χ4v) is 2.00. The van der Waals surface area contributed by atoms with Crippen LogP contribution in [0.25, 0.3) is 0 Å². The van der Waals surface area contributed by atoms with Crippen molar-refractivity contribution in [3.63, 3.8) is 0 Å². The summed E-state index contributed by atoms with van der Waals surface area (Å²) in [6.07, 6.45) is 0.105. The van der Waals surface area contributed by atoms with E-state index in [1.807, 2.05) is 0 Å². The molecule has 0 aliphatic carbocycles. The zero-order valence-electron chi connectivity index (χ0n) is 14.2. The van der Waals surface area contributed by atoms with Gasteiger partial charge in [0.25, 0.3) is 0 Å². The highest BCUT2D eigenvalue weighted by molar-refractivity contribution is 7.80. The highest BCUT2D eigenvalue weighted by atomic mass is 32.1. The van der Waals surface area contributed by atoms with Gasteiger partial charge in [-0.3, -0.25) is 19.2 Å². The molecule has 0 bridgehead atoms. The topological polar surface area (TPSA) is 188 Å². The molecule has 0 fully saturated rings. The Labute approximate surface area is 155 Å². The van der Waals surface area contributed by atoms with Crippen molar-refractivity contribution in [1.29, 1.82) is 0 Å². The standard InChI is InChI=1S/C14H24N4O7S/c1-2-3-10(19)16-5-7(15)12(22)17-8(4-11(20)21)13(23)18-9(6-26)14(24)25/h7-9,26H,2-6,15H2,1H3,(H,16,19)(H,17,22)(H,18,23)(H,20,21)(H,24,25)/t7-,8-,9-/m0/s1. The molecule has 0 saturated carbocycles. The lowest BCUT2D eigenvalue weighted by Crippen LogP contribution is -2.57. The van der Waals surface area contributed by atoms with Gasteiger partial charge in [0.05, 0.1) is 6.42 Å². The van der Waals surface area contributed by atoms with Crippen molar-refractivity contribution in [3.05, 3.63) is 0 Å². The van der Waals surface area contributed by atoms with Crippen LogP contribution in [0.3, 0.4) is 0 Å². The Morgan fingerprint density at radius 1 is 1.04 bits per heavy atom. The molecule has 26 heavy (non-hydrogen) atoms. The molecule has 148 valence electrons. The van der Waals surface area contributed by atoms with Gasteiger partial charge >= 0.3 is 11.9 Å². The van der Waals surface area contributed by atoms with Crippen LogP contribution in [-0.2, 0) is 24.0 Å². The number of carbonyl (C=O) groups excluding carboxylic acids is 3. The largest absolute Gasteiger partial charge is 0.481 e. The summed E-state index contributed by atoms with van der Waals surface area (Å²) in [7, 11) is 0. The summed E-state index contributed by atoms with van der Waals surface area (Å²) in [4.78, 5) is 57.2. The predicted molar refractivity (Wildman–Crippen MR) is 93.5 cm³/mol. The van der Waals surface area contributed by atoms with E-state index in [9.17, 15) is 24.0 Å². The number of nitrogens with two attached hydrogens (primary N) is 1. The van der Waals surface area contributed by atoms with E-state index in [2.05, 4.69) is 28.6 Å². The van der Waals surface area contributed by atoms with Crippen LogP contribution in [0, 0.1) is 0 Å². The van der Waals surface area contributed by atoms with Crippen LogP contribution >= 0.6 is 12.6 Å². The minimum atomic E-state index is -1.53. The first-order valence-electron chi connectivity index (χ1n) is 7.80. The van der Waals surface area contributed by atoms with Crippen molar-refractivity contribution in [2.75, 3.05) is 12.3 Å². The van der Waals surface area contributed by atoms with E-state index in [1.54, 1.807) is 6.92 Å². The molecule has 0 aliphatic rings. The Hall–Kier alpha value is -2.34. The second-order valence-corrected chi connectivity index (χ2v) is 5.77. The van der Waals surface area contributed by atoms with E-state index in [0.29, 0.717) is 6.42 Å². The summed E-state index contributed by atoms with van der Waals surface area (Å²) in [5.41, 5.74) is 5.60. The Bertz CT molecular complexity index is 543. The number of carboxylic acids is 2. The first-order valence-corrected chi connectivity index (χ1v) is 8.44. The minimum Gasteiger partial charge on any atom is -0.481 e. The van der Waals surface area contributed by atoms with Crippen LogP contribution in [0.5, 0.6) is 0 Å². The summed E-state index contributed by atoms with van der Waals surface area (Å²) in [6.45, 7) is 1.61. The SMILES string of the molecule is CCCC(=O)NC[C@H](N)C(=O)N[C@@H](CC(=O)O)C(=O)N[C@@H](CS)C(=O)O. The summed E-state index contributed by atoms with van der Waals surface area (Å²) in [5, 5.41) is 24.4. The quantitative estimate of drug-likeness (QED) is 0.180. The highest BCUT2D eigenvalue weighted by Gasteiger charge is 2.29. The Morgan fingerprint density at radius 2 is 1.62 bits per heavy atom. The summed E-state index contributed by atoms with van der Waals surface area (Å²) in [5.74, 6) is -5.12. The van der Waals surface area contributed by atoms with Crippen molar-refractivity contribution >= 4 is 42.3 Å². The molecule has 0 spiro atoms. The molecule has 3 amide bonds. The van der Waals surface area contributed by atoms with Crippen molar-refractivity contribution in [1.82, 2.24) is 16.0 Å². The molecule has 7 N–H and O–H groups in total. The maximum atomic E-state index is 12.1. The number of hydrogen-bond acceptors (Lipinski definition) is 7. The van der Waals surface area contributed by atoms with E-state index < -0.39 is 48.3 Å². The van der Waals surface area contributed by atoms with E-state index in [-0.39, 0.29) is 24.6 Å². The lowest BCUT2D eigenvalue weighted by Gasteiger charge is -2.21. The first-order chi connectivity index (χ1) is 12.1. The average Bonchev–Trinajstić information content (AvgIpc) is 2.56. The molecule has 0 saturated heterocycles. The van der Waals surface area contributed by atoms with Gasteiger partial charge in [-0.05, 0) is 6.42 Å². The van der Waals surface area contributed by atoms with Gasteiger partial charge in [0.1, 0.15) is 18.1 Å². The molecule has 0 aliphatic heterocycles. The third-order valence-corrected chi connectivity index (χ3v) is 3.51. The van der Waals surface area contributed by atoms with Gasteiger partial charge < -0.3 is 31.9 Å². The third-order valence-electron chi connectivity index (χ3n) is 3.14. The molecule has 0 unspecified atom stereocenters. The van der Waals surface area contributed by atoms with Crippen molar-refractivity contribution < 1.29 is 34.2 Å². The van der Waals surface area contributed by atoms with E-state index in [4.69, 9.17) is 15.9 Å². The second kappa shape index (κ2) is 12.1. The third kappa shape index (κ3) is 9.22. The lowest BCUT2D eigenvalue weighted by molar-refractivity contribution is -0.143. The second-order valence-electron chi connectivity index (χ2n) is 5.40. The number of hydrogen-bond donors (Lipinski definition) is 7. The molecule has 11 nitrogen and oxygen atoms in total. The molecule has 0 rings (SSSR count). The average molecular weight is 392 g/mol. The van der Waals surface area contributed by atoms with Gasteiger partial charge in [-0.15, -0.1) is 0 Å². The Balaban J connectivity index is 4.84. The molecule has 0 aromatic rings. The lowest BCUT2D eigenvalue weighted by atomic mass is 10.1. The number of thiol groups is 1. The molecular formula is C14H24N4O7S. The molecule has 0 radical (unpaired) electrons. The summed E-state index contributed by atoms with van der Waals surface area (Å²) in [6, 6.07) is -4.08. The fourth-order valence-electron chi connectivity index (χ4n) is 1.75. The minimum absolute atomic E-state index is 0.194. The molecule has 0 aromatic carbocycles. The maximum Gasteiger partial charge on any atom is 0.327 e. The zero-order valence-corrected chi connectivity index (χ0v) is 15.1. The number of carboxylic acid groups (broad SMARTS) is 2. The van der Waals surface area contributed by atoms with E-state index in [1.165, 1.54) is 0 Å². The van der Waals surface area contributed by atoms with Gasteiger partial charge in [-0.2, -0.15) is 12.6 Å². The molecule has 0 aromatic heterocycles. The number of nitrogens with one attached hydrogen (secondary N) is 3. The van der Waals surface area contributed by atoms with Gasteiger partial charge in [-0.25, -0.2) is 4.79 Å². The van der Waals surface area contributed by atoms with Crippen LogP contribution in [0.15, 0.2) is 0 Å². The van der Waals surface area contributed by atoms with Crippen LogP contribution in [-0.4, -0.2) is 70.3 Å². The van der Waals surface area contributed by atoms with E-state index >= 15 is 0 Å². The number of carbonyl (C=O) groups is 5. The molecule has 12 heteroatoms. The zero-order chi connectivity index (χ0) is 20.3. The predicted octanol–water partition coefficient (Wildman–Crippen LogP) is -2.31. The number of amides is 3. The van der Waals surface area contributed by atoms with Gasteiger partial charge in [-0.1, -0.05) is 6.92 Å². The van der Waals surface area contributed by atoms with E-state index in [0.717, 1.165) is 0 Å². The first kappa shape index (κ1) is 23.7. The van der Waals surface area contributed by atoms with Crippen LogP contribution < -0.4 is 21.7 Å². The molecule has 3 atom stereocenters. The van der Waals surface area contributed by atoms with Crippen molar-refractivity contribution in [2.45, 2.75) is 44.3 Å². The summed E-state index contributed by atoms with van der Waals surface area (Å²) >= 11 is 3.78. The fraction of sp³-hybridized carbons (Fsp3) is 0.643. The van der Waals surface area contributed by atoms with Gasteiger partial charge in [0.15, 0.2) is 0 Å². The highest BCUT2D eigenvalue weighted by Crippen LogP contribution is 1.98. The number of rotatable bonds is 12. The van der Waals surface area contributed by atoms with Crippen LogP contribution in [0.2, 0.25) is 0 Å².